The Kier molecular flexibility index (Phi) is 4.58. The number of hydrogen-bond acceptors (Lipinski definition) is 2. The molecule has 0 aliphatic heterocycles. The average Bonchev–Trinajstić information content (AvgIpc) is 3.02. The average molecular weight is 441 g/mol. The van der Waals surface area contributed by atoms with Gasteiger partial charge in [0.15, 0.2) is 22.5 Å². The molecule has 134 valence electrons. The molecule has 2 aromatic heterocycles. The molecule has 1 aromatic carbocycles. The normalized spacial score (nSPS) is 14.7. The van der Waals surface area contributed by atoms with Crippen molar-refractivity contribution in [2.45, 2.75) is 18.7 Å². The van der Waals surface area contributed by atoms with Crippen molar-refractivity contribution < 1.29 is 8.60 Å². The van der Waals surface area contributed by atoms with Gasteiger partial charge in [0.25, 0.3) is 0 Å². The summed E-state index contributed by atoms with van der Waals surface area (Å²) in [5.74, 6) is -0.426. The Balaban J connectivity index is 1.95. The Morgan fingerprint density at radius 2 is 1.93 bits per heavy atom. The highest BCUT2D eigenvalue weighted by atomic mass is 79.9. The number of pyridine rings is 1. The minimum Gasteiger partial charge on any atom is -0.245 e. The fourth-order valence-corrected chi connectivity index (χ4v) is 4.28. The first kappa shape index (κ1) is 17.9. The summed E-state index contributed by atoms with van der Waals surface area (Å²) >= 11 is 3.44. The van der Waals surface area contributed by atoms with Crippen LogP contribution in [0.2, 0.25) is 0 Å². The Labute approximate surface area is 167 Å². The van der Waals surface area contributed by atoms with Crippen LogP contribution in [0.25, 0.3) is 16.6 Å². The molecule has 1 unspecified atom stereocenters. The summed E-state index contributed by atoms with van der Waals surface area (Å²) in [6.07, 6.45) is 5.15. The van der Waals surface area contributed by atoms with Gasteiger partial charge in [0.2, 0.25) is 0 Å². The molecule has 6 heteroatoms. The molecule has 0 amide bonds. The third kappa shape index (κ3) is 3.29. The summed E-state index contributed by atoms with van der Waals surface area (Å²) in [5, 5.41) is 0.806. The molecular formula is C21H14BrFN2OS. The van der Waals surface area contributed by atoms with E-state index in [1.807, 2.05) is 37.3 Å². The number of nitrogens with zero attached hydrogens (tertiary/aromatic N) is 2. The maximum absolute atomic E-state index is 13.6. The quantitative estimate of drug-likeness (QED) is 0.494. The molecular weight excluding hydrogens is 427 g/mol. The first-order valence-electron chi connectivity index (χ1n) is 8.20. The zero-order valence-corrected chi connectivity index (χ0v) is 17.0. The van der Waals surface area contributed by atoms with E-state index in [0.29, 0.717) is 21.7 Å². The van der Waals surface area contributed by atoms with Gasteiger partial charge in [-0.2, -0.15) is 4.39 Å². The SMILES string of the molecule is CC1=CC(c2cn(S(=O)c3ccc(C)cc3)c3ncc(Br)cc23)=C=C=C1F. The number of aryl methyl sites for hydroxylation is 1. The van der Waals surface area contributed by atoms with Gasteiger partial charge >= 0.3 is 0 Å². The van der Waals surface area contributed by atoms with E-state index in [0.717, 1.165) is 21.0 Å². The number of rotatable bonds is 3. The van der Waals surface area contributed by atoms with Crippen molar-refractivity contribution in [3.63, 3.8) is 0 Å². The van der Waals surface area contributed by atoms with E-state index in [2.05, 4.69) is 32.4 Å². The maximum atomic E-state index is 13.6. The van der Waals surface area contributed by atoms with E-state index >= 15 is 0 Å². The zero-order chi connectivity index (χ0) is 19.1. The van der Waals surface area contributed by atoms with Crippen molar-refractivity contribution in [2.24, 2.45) is 0 Å². The van der Waals surface area contributed by atoms with Crippen molar-refractivity contribution >= 4 is 43.5 Å². The second-order valence-electron chi connectivity index (χ2n) is 6.26. The van der Waals surface area contributed by atoms with Crippen LogP contribution in [-0.4, -0.2) is 13.2 Å². The molecule has 0 spiro atoms. The summed E-state index contributed by atoms with van der Waals surface area (Å²) in [6.45, 7) is 3.67. The standard InChI is InChI=1S/C21H14BrFN2OS/c1-13-3-6-17(7-4-13)27(26)25-12-19(15-5-8-20(23)14(2)9-15)18-10-16(22)11-24-21(18)25/h3-4,6-7,9-12H,1-2H3. The van der Waals surface area contributed by atoms with E-state index in [9.17, 15) is 8.60 Å². The van der Waals surface area contributed by atoms with Gasteiger partial charge in [0.05, 0.1) is 4.90 Å². The molecule has 3 aromatic rings. The first-order chi connectivity index (χ1) is 12.9. The molecule has 4 rings (SSSR count). The van der Waals surface area contributed by atoms with Crippen molar-refractivity contribution in [2.75, 3.05) is 0 Å². The summed E-state index contributed by atoms with van der Waals surface area (Å²) in [7, 11) is -1.46. The van der Waals surface area contributed by atoms with Crippen molar-refractivity contribution in [1.82, 2.24) is 8.96 Å². The van der Waals surface area contributed by atoms with Gasteiger partial charge in [-0.05, 0) is 65.4 Å². The van der Waals surface area contributed by atoms with Crippen LogP contribution in [0, 0.1) is 6.92 Å². The van der Waals surface area contributed by atoms with E-state index in [1.165, 1.54) is 0 Å². The molecule has 3 nitrogen and oxygen atoms in total. The van der Waals surface area contributed by atoms with Crippen LogP contribution in [0.3, 0.4) is 0 Å². The summed E-state index contributed by atoms with van der Waals surface area (Å²) in [4.78, 5) is 5.14. The number of fused-ring (bicyclic) bond motifs is 1. The summed E-state index contributed by atoms with van der Waals surface area (Å²) in [6, 6.07) is 9.45. The minimum atomic E-state index is -1.46. The monoisotopic (exact) mass is 440 g/mol. The second kappa shape index (κ2) is 6.91. The molecule has 0 saturated heterocycles. The van der Waals surface area contributed by atoms with Gasteiger partial charge in [0, 0.05) is 33.4 Å². The molecule has 2 heterocycles. The number of hydrogen-bond donors (Lipinski definition) is 0. The molecule has 0 bridgehead atoms. The lowest BCUT2D eigenvalue weighted by Gasteiger charge is -2.05. The van der Waals surface area contributed by atoms with E-state index in [4.69, 9.17) is 0 Å². The van der Waals surface area contributed by atoms with Crippen LogP contribution in [-0.2, 0) is 11.0 Å². The highest BCUT2D eigenvalue weighted by molar-refractivity contribution is 9.10. The highest BCUT2D eigenvalue weighted by Gasteiger charge is 2.18. The van der Waals surface area contributed by atoms with Gasteiger partial charge in [-0.25, -0.2) is 13.2 Å². The van der Waals surface area contributed by atoms with Crippen molar-refractivity contribution in [3.05, 3.63) is 87.3 Å². The van der Waals surface area contributed by atoms with Crippen molar-refractivity contribution in [1.29, 1.82) is 0 Å². The second-order valence-corrected chi connectivity index (χ2v) is 8.54. The van der Waals surface area contributed by atoms with Crippen LogP contribution in [0.5, 0.6) is 0 Å². The fraction of sp³-hybridized carbons (Fsp3) is 0.0952. The fourth-order valence-electron chi connectivity index (χ4n) is 2.84. The van der Waals surface area contributed by atoms with E-state index < -0.39 is 16.8 Å². The lowest BCUT2D eigenvalue weighted by atomic mass is 10.0. The minimum absolute atomic E-state index is 0.426. The Morgan fingerprint density at radius 3 is 2.63 bits per heavy atom. The van der Waals surface area contributed by atoms with E-state index in [-0.39, 0.29) is 0 Å². The smallest absolute Gasteiger partial charge is 0.176 e. The third-order valence-corrected chi connectivity index (χ3v) is 6.03. The largest absolute Gasteiger partial charge is 0.245 e. The van der Waals surface area contributed by atoms with Crippen LogP contribution in [0.15, 0.2) is 81.0 Å². The predicted molar refractivity (Wildman–Crippen MR) is 109 cm³/mol. The zero-order valence-electron chi connectivity index (χ0n) is 14.6. The van der Waals surface area contributed by atoms with E-state index in [1.54, 1.807) is 29.4 Å². The molecule has 1 aliphatic carbocycles. The van der Waals surface area contributed by atoms with Crippen LogP contribution in [0.4, 0.5) is 4.39 Å². The number of allylic oxidation sites excluding steroid dienone is 4. The summed E-state index contributed by atoms with van der Waals surface area (Å²) < 4.78 is 29.2. The predicted octanol–water partition coefficient (Wildman–Crippen LogP) is 5.63. The first-order valence-corrected chi connectivity index (χ1v) is 10.1. The topological polar surface area (TPSA) is 34.9 Å². The molecule has 0 radical (unpaired) electrons. The van der Waals surface area contributed by atoms with Crippen molar-refractivity contribution in [3.8, 4) is 0 Å². The number of halogens is 2. The molecule has 0 fully saturated rings. The van der Waals surface area contributed by atoms with Crippen LogP contribution >= 0.6 is 15.9 Å². The Morgan fingerprint density at radius 1 is 1.19 bits per heavy atom. The summed E-state index contributed by atoms with van der Waals surface area (Å²) in [5.41, 5.74) is 8.98. The third-order valence-electron chi connectivity index (χ3n) is 4.28. The van der Waals surface area contributed by atoms with Gasteiger partial charge in [0.1, 0.15) is 0 Å². The molecule has 0 N–H and O–H groups in total. The molecule has 0 saturated carbocycles. The van der Waals surface area contributed by atoms with Crippen LogP contribution < -0.4 is 0 Å². The molecule has 27 heavy (non-hydrogen) atoms. The lowest BCUT2D eigenvalue weighted by molar-refractivity contribution is 0.653. The lowest BCUT2D eigenvalue weighted by Crippen LogP contribution is -2.04. The molecule has 1 atom stereocenters. The van der Waals surface area contributed by atoms with Crippen LogP contribution in [0.1, 0.15) is 18.1 Å². The Hall–Kier alpha value is -2.49. The Bertz CT molecular complexity index is 1240. The number of aromatic nitrogens is 2. The van der Waals surface area contributed by atoms with Gasteiger partial charge < -0.3 is 0 Å². The van der Waals surface area contributed by atoms with Gasteiger partial charge in [-0.3, -0.25) is 0 Å². The highest BCUT2D eigenvalue weighted by Crippen LogP contribution is 2.32. The van der Waals surface area contributed by atoms with Gasteiger partial charge in [-0.1, -0.05) is 23.4 Å². The number of benzene rings is 1. The maximum Gasteiger partial charge on any atom is 0.176 e. The molecule has 1 aliphatic rings. The van der Waals surface area contributed by atoms with Gasteiger partial charge in [-0.15, -0.1) is 0 Å².